The Labute approximate surface area is 151 Å². The number of hydrogen-bond acceptors (Lipinski definition) is 4. The Morgan fingerprint density at radius 2 is 1.81 bits per heavy atom. The van der Waals surface area contributed by atoms with Gasteiger partial charge in [0.25, 0.3) is 17.4 Å². The molecule has 2 aromatic rings. The largest absolute Gasteiger partial charge is 0.378 e. The van der Waals surface area contributed by atoms with Gasteiger partial charge >= 0.3 is 0 Å². The minimum absolute atomic E-state index is 0.0252. The number of amides is 2. The zero-order valence-electron chi connectivity index (χ0n) is 14.8. The number of hydrogen-bond donors (Lipinski definition) is 2. The lowest BCUT2D eigenvalue weighted by Gasteiger charge is -2.27. The smallest absolute Gasteiger partial charge is 0.261 e. The van der Waals surface area contributed by atoms with Crippen LogP contribution in [0.4, 0.5) is 5.69 Å². The van der Waals surface area contributed by atoms with Crippen molar-refractivity contribution in [1.82, 2.24) is 9.88 Å². The van der Waals surface area contributed by atoms with Crippen molar-refractivity contribution in [2.75, 3.05) is 31.6 Å². The summed E-state index contributed by atoms with van der Waals surface area (Å²) in [6.07, 6.45) is 0. The number of benzene rings is 1. The zero-order chi connectivity index (χ0) is 18.7. The van der Waals surface area contributed by atoms with E-state index in [1.54, 1.807) is 36.1 Å². The molecule has 26 heavy (non-hydrogen) atoms. The number of carbonyl (C=O) groups is 2. The summed E-state index contributed by atoms with van der Waals surface area (Å²) in [5.74, 6) is -0.602. The molecule has 1 aliphatic heterocycles. The van der Waals surface area contributed by atoms with Crippen LogP contribution in [-0.2, 0) is 4.74 Å². The Morgan fingerprint density at radius 1 is 1.08 bits per heavy atom. The van der Waals surface area contributed by atoms with Gasteiger partial charge in [-0.25, -0.2) is 0 Å². The van der Waals surface area contributed by atoms with Crippen molar-refractivity contribution in [2.24, 2.45) is 0 Å². The number of nitrogens with one attached hydrogen (secondary N) is 2. The van der Waals surface area contributed by atoms with Gasteiger partial charge in [-0.15, -0.1) is 0 Å². The Bertz CT molecular complexity index is 898. The maximum Gasteiger partial charge on any atom is 0.261 e. The lowest BCUT2D eigenvalue weighted by atomic mass is 10.1. The molecule has 7 heteroatoms. The van der Waals surface area contributed by atoms with Crippen LogP contribution < -0.4 is 10.9 Å². The number of aryl methyl sites for hydroxylation is 2. The normalized spacial score (nSPS) is 14.2. The summed E-state index contributed by atoms with van der Waals surface area (Å²) in [7, 11) is 0. The molecule has 1 aromatic heterocycles. The number of pyridine rings is 1. The van der Waals surface area contributed by atoms with E-state index in [1.807, 2.05) is 6.92 Å². The molecule has 1 aliphatic rings. The Morgan fingerprint density at radius 3 is 2.50 bits per heavy atom. The maximum atomic E-state index is 12.7. The summed E-state index contributed by atoms with van der Waals surface area (Å²) in [6, 6.07) is 8.29. The number of carbonyl (C=O) groups excluding carboxylic acids is 2. The van der Waals surface area contributed by atoms with Gasteiger partial charge in [0.05, 0.1) is 13.2 Å². The van der Waals surface area contributed by atoms with Gasteiger partial charge in [0.1, 0.15) is 5.56 Å². The number of morpholine rings is 1. The van der Waals surface area contributed by atoms with Crippen LogP contribution in [0.1, 0.15) is 32.0 Å². The van der Waals surface area contributed by atoms with Crippen molar-refractivity contribution in [3.05, 3.63) is 63.1 Å². The predicted octanol–water partition coefficient (Wildman–Crippen LogP) is 1.72. The summed E-state index contributed by atoms with van der Waals surface area (Å²) in [5, 5.41) is 2.69. The number of anilines is 1. The van der Waals surface area contributed by atoms with Crippen molar-refractivity contribution in [1.29, 1.82) is 0 Å². The minimum atomic E-state index is -0.514. The second-order valence-electron chi connectivity index (χ2n) is 6.27. The number of aromatic amines is 1. The van der Waals surface area contributed by atoms with Crippen molar-refractivity contribution >= 4 is 17.5 Å². The molecule has 0 atom stereocenters. The third kappa shape index (κ3) is 3.83. The Kier molecular flexibility index (Phi) is 5.18. The van der Waals surface area contributed by atoms with E-state index in [4.69, 9.17) is 4.74 Å². The van der Waals surface area contributed by atoms with Gasteiger partial charge < -0.3 is 19.9 Å². The van der Waals surface area contributed by atoms with E-state index in [-0.39, 0.29) is 11.5 Å². The highest BCUT2D eigenvalue weighted by Crippen LogP contribution is 2.18. The van der Waals surface area contributed by atoms with Crippen LogP contribution >= 0.6 is 0 Å². The Hall–Kier alpha value is -2.93. The van der Waals surface area contributed by atoms with E-state index in [1.165, 1.54) is 6.07 Å². The number of ether oxygens (including phenoxy) is 1. The number of H-pyrrole nitrogens is 1. The van der Waals surface area contributed by atoms with Crippen LogP contribution in [0.25, 0.3) is 0 Å². The fourth-order valence-corrected chi connectivity index (χ4v) is 2.82. The van der Waals surface area contributed by atoms with Gasteiger partial charge in [-0.2, -0.15) is 0 Å². The highest BCUT2D eigenvalue weighted by Gasteiger charge is 2.21. The molecule has 136 valence electrons. The first kappa shape index (κ1) is 17.9. The third-order valence-electron chi connectivity index (χ3n) is 4.32. The molecule has 0 saturated carbocycles. The summed E-state index contributed by atoms with van der Waals surface area (Å²) >= 11 is 0. The van der Waals surface area contributed by atoms with Gasteiger partial charge in [-0.1, -0.05) is 6.07 Å². The van der Waals surface area contributed by atoms with E-state index in [2.05, 4.69) is 10.3 Å². The van der Waals surface area contributed by atoms with Gasteiger partial charge in [0.2, 0.25) is 0 Å². The topological polar surface area (TPSA) is 91.5 Å². The molecular weight excluding hydrogens is 334 g/mol. The van der Waals surface area contributed by atoms with Crippen LogP contribution in [0.5, 0.6) is 0 Å². The van der Waals surface area contributed by atoms with Gasteiger partial charge in [0, 0.05) is 30.0 Å². The molecule has 0 radical (unpaired) electrons. The summed E-state index contributed by atoms with van der Waals surface area (Å²) in [6.45, 7) is 5.74. The number of aromatic nitrogens is 1. The second-order valence-corrected chi connectivity index (χ2v) is 6.27. The van der Waals surface area contributed by atoms with Gasteiger partial charge in [-0.3, -0.25) is 14.4 Å². The molecule has 0 aliphatic carbocycles. The lowest BCUT2D eigenvalue weighted by Crippen LogP contribution is -2.41. The Balaban J connectivity index is 1.81. The quantitative estimate of drug-likeness (QED) is 0.877. The van der Waals surface area contributed by atoms with Gasteiger partial charge in [0.15, 0.2) is 0 Å². The molecular formula is C19H21N3O4. The molecule has 1 saturated heterocycles. The van der Waals surface area contributed by atoms with Crippen LogP contribution in [0, 0.1) is 13.8 Å². The van der Waals surface area contributed by atoms with Crippen LogP contribution in [0.2, 0.25) is 0 Å². The number of nitrogens with zero attached hydrogens (tertiary/aromatic N) is 1. The first-order chi connectivity index (χ1) is 12.5. The van der Waals surface area contributed by atoms with Crippen LogP contribution in [-0.4, -0.2) is 48.0 Å². The molecule has 0 spiro atoms. The number of rotatable bonds is 3. The van der Waals surface area contributed by atoms with Crippen molar-refractivity contribution in [3.8, 4) is 0 Å². The SMILES string of the molecule is Cc1ccc(C(=O)Nc2ccc(C)c(C(=O)N3CCOCC3)c2)c(=O)[nH]1. The van der Waals surface area contributed by atoms with Gasteiger partial charge in [-0.05, 0) is 43.7 Å². The fraction of sp³-hybridized carbons (Fsp3) is 0.316. The highest BCUT2D eigenvalue weighted by molar-refractivity contribution is 6.05. The van der Waals surface area contributed by atoms with Crippen molar-refractivity contribution in [3.63, 3.8) is 0 Å². The van der Waals surface area contributed by atoms with Crippen molar-refractivity contribution in [2.45, 2.75) is 13.8 Å². The minimum Gasteiger partial charge on any atom is -0.378 e. The van der Waals surface area contributed by atoms with Crippen LogP contribution in [0.15, 0.2) is 35.1 Å². The molecule has 3 rings (SSSR count). The highest BCUT2D eigenvalue weighted by atomic mass is 16.5. The average molecular weight is 355 g/mol. The third-order valence-corrected chi connectivity index (χ3v) is 4.32. The molecule has 2 N–H and O–H groups in total. The zero-order valence-corrected chi connectivity index (χ0v) is 14.8. The van der Waals surface area contributed by atoms with E-state index in [0.29, 0.717) is 43.2 Å². The van der Waals surface area contributed by atoms with Crippen LogP contribution in [0.3, 0.4) is 0 Å². The van der Waals surface area contributed by atoms with E-state index in [0.717, 1.165) is 5.56 Å². The first-order valence-electron chi connectivity index (χ1n) is 8.44. The second kappa shape index (κ2) is 7.53. The first-order valence-corrected chi connectivity index (χ1v) is 8.44. The average Bonchev–Trinajstić information content (AvgIpc) is 2.63. The molecule has 1 fully saturated rings. The molecule has 0 bridgehead atoms. The molecule has 1 aromatic carbocycles. The summed E-state index contributed by atoms with van der Waals surface area (Å²) in [5.41, 5.74) is 2.09. The monoisotopic (exact) mass is 355 g/mol. The molecule has 0 unspecified atom stereocenters. The summed E-state index contributed by atoms with van der Waals surface area (Å²) in [4.78, 5) is 41.3. The van der Waals surface area contributed by atoms with Crippen molar-refractivity contribution < 1.29 is 14.3 Å². The standard InChI is InChI=1S/C19H21N3O4/c1-12-3-5-14(11-16(12)19(25)22-7-9-26-10-8-22)21-18(24)15-6-4-13(2)20-17(15)23/h3-6,11H,7-10H2,1-2H3,(H,20,23)(H,21,24). The lowest BCUT2D eigenvalue weighted by molar-refractivity contribution is 0.0302. The molecule has 2 amide bonds. The van der Waals surface area contributed by atoms with E-state index in [9.17, 15) is 14.4 Å². The maximum absolute atomic E-state index is 12.7. The molecule has 2 heterocycles. The fourth-order valence-electron chi connectivity index (χ4n) is 2.82. The van der Waals surface area contributed by atoms with E-state index >= 15 is 0 Å². The predicted molar refractivity (Wildman–Crippen MR) is 97.7 cm³/mol. The summed E-state index contributed by atoms with van der Waals surface area (Å²) < 4.78 is 5.28. The van der Waals surface area contributed by atoms with E-state index < -0.39 is 11.5 Å². The molecule has 7 nitrogen and oxygen atoms in total.